The quantitative estimate of drug-likeness (QED) is 0.389. The maximum atomic E-state index is 13.9. The second-order valence-corrected chi connectivity index (χ2v) is 11.9. The molecular weight excluding hydrogens is 561 g/mol. The molecule has 4 rings (SSSR count). The van der Waals surface area contributed by atoms with Crippen LogP contribution in [-0.2, 0) is 25.9 Å². The summed E-state index contributed by atoms with van der Waals surface area (Å²) in [6.07, 6.45) is 0.909. The van der Waals surface area contributed by atoms with Crippen LogP contribution in [0.3, 0.4) is 0 Å². The van der Waals surface area contributed by atoms with Gasteiger partial charge in [-0.25, -0.2) is 9.38 Å². The number of rotatable bonds is 7. The molecule has 1 unspecified atom stereocenters. The summed E-state index contributed by atoms with van der Waals surface area (Å²) in [5, 5.41) is 0. The lowest BCUT2D eigenvalue weighted by Crippen LogP contribution is -2.41. The number of nitrogens with two attached hydrogens (primary N) is 1. The Labute approximate surface area is 224 Å². The summed E-state index contributed by atoms with van der Waals surface area (Å²) < 4.78 is 45.3. The van der Waals surface area contributed by atoms with Crippen molar-refractivity contribution in [2.45, 2.75) is 43.0 Å². The van der Waals surface area contributed by atoms with E-state index in [4.69, 9.17) is 9.92 Å². The molecule has 1 heterocycles. The first kappa shape index (κ1) is 26.8. The molecule has 0 aromatic heterocycles. The molecule has 3 aromatic carbocycles. The van der Waals surface area contributed by atoms with Crippen molar-refractivity contribution < 1.29 is 21.8 Å². The summed E-state index contributed by atoms with van der Waals surface area (Å²) in [7, 11) is -2.59. The molecule has 0 aliphatic carbocycles. The van der Waals surface area contributed by atoms with Crippen LogP contribution in [0.2, 0.25) is 0 Å². The van der Waals surface area contributed by atoms with Crippen LogP contribution in [0.4, 0.5) is 4.39 Å². The Bertz CT molecular complexity index is 1490. The molecule has 10 heteroatoms. The number of benzene rings is 3. The van der Waals surface area contributed by atoms with E-state index in [1.165, 1.54) is 54.4 Å². The van der Waals surface area contributed by atoms with Crippen molar-refractivity contribution in [1.82, 2.24) is 4.90 Å². The van der Waals surface area contributed by atoms with Gasteiger partial charge in [0.05, 0.1) is 4.47 Å². The SMILES string of the molecule is CCC(C)(C)c1ccc(S(=O)(=O)Oc2ccc(C3(c4ccc(F)c(Br)c4)N=C(N)N(C)C3=O)cc2)cc1. The number of amides is 1. The Morgan fingerprint density at radius 1 is 1.05 bits per heavy atom. The molecule has 1 aliphatic heterocycles. The number of carbonyl (C=O) groups is 1. The molecule has 0 bridgehead atoms. The second kappa shape index (κ2) is 9.57. The van der Waals surface area contributed by atoms with E-state index in [1.54, 1.807) is 24.3 Å². The highest BCUT2D eigenvalue weighted by molar-refractivity contribution is 9.10. The van der Waals surface area contributed by atoms with Crippen molar-refractivity contribution >= 4 is 37.9 Å². The summed E-state index contributed by atoms with van der Waals surface area (Å²) in [6.45, 7) is 6.26. The Balaban J connectivity index is 1.67. The van der Waals surface area contributed by atoms with Crippen molar-refractivity contribution in [2.75, 3.05) is 7.05 Å². The molecule has 0 fully saturated rings. The number of nitrogens with zero attached hydrogens (tertiary/aromatic N) is 2. The number of likely N-dealkylation sites (N-methyl/N-ethyl adjacent to an activating group) is 1. The fourth-order valence-corrected chi connectivity index (χ4v) is 5.42. The molecular formula is C27H27BrFN3O4S. The number of hydrogen-bond donors (Lipinski definition) is 1. The van der Waals surface area contributed by atoms with Crippen molar-refractivity contribution in [3.05, 3.63) is 93.7 Å². The predicted molar refractivity (Wildman–Crippen MR) is 143 cm³/mol. The van der Waals surface area contributed by atoms with E-state index in [9.17, 15) is 17.6 Å². The Morgan fingerprint density at radius 3 is 2.16 bits per heavy atom. The predicted octanol–water partition coefficient (Wildman–Crippen LogP) is 5.07. The zero-order valence-corrected chi connectivity index (χ0v) is 23.2. The molecule has 0 saturated heterocycles. The highest BCUT2D eigenvalue weighted by atomic mass is 79.9. The smallest absolute Gasteiger partial charge is 0.339 e. The van der Waals surface area contributed by atoms with E-state index < -0.39 is 27.4 Å². The minimum atomic E-state index is -4.09. The maximum absolute atomic E-state index is 13.9. The molecule has 1 aliphatic rings. The van der Waals surface area contributed by atoms with Gasteiger partial charge in [-0.15, -0.1) is 0 Å². The van der Waals surface area contributed by atoms with Crippen molar-refractivity contribution in [3.63, 3.8) is 0 Å². The highest BCUT2D eigenvalue weighted by Crippen LogP contribution is 2.41. The molecule has 0 spiro atoms. The van der Waals surface area contributed by atoms with Crippen LogP contribution < -0.4 is 9.92 Å². The van der Waals surface area contributed by atoms with E-state index in [1.807, 2.05) is 0 Å². The number of carbonyl (C=O) groups excluding carboxylic acids is 1. The number of hydrogen-bond acceptors (Lipinski definition) is 6. The summed E-state index contributed by atoms with van der Waals surface area (Å²) in [4.78, 5) is 19.0. The van der Waals surface area contributed by atoms with Crippen LogP contribution >= 0.6 is 15.9 Å². The first-order valence-electron chi connectivity index (χ1n) is 11.6. The first-order valence-corrected chi connectivity index (χ1v) is 13.8. The lowest BCUT2D eigenvalue weighted by atomic mass is 9.82. The molecule has 7 nitrogen and oxygen atoms in total. The third kappa shape index (κ3) is 4.75. The van der Waals surface area contributed by atoms with Crippen molar-refractivity contribution in [3.8, 4) is 5.75 Å². The largest absolute Gasteiger partial charge is 0.379 e. The highest BCUT2D eigenvalue weighted by Gasteiger charge is 2.49. The van der Waals surface area contributed by atoms with E-state index in [-0.39, 0.29) is 26.5 Å². The zero-order chi connectivity index (χ0) is 27.2. The summed E-state index contributed by atoms with van der Waals surface area (Å²) in [6, 6.07) is 16.8. The third-order valence-electron chi connectivity index (χ3n) is 6.86. The van der Waals surface area contributed by atoms with Gasteiger partial charge in [-0.3, -0.25) is 9.69 Å². The average Bonchev–Trinajstić information content (AvgIpc) is 3.10. The van der Waals surface area contributed by atoms with Gasteiger partial charge in [-0.2, -0.15) is 8.42 Å². The lowest BCUT2D eigenvalue weighted by molar-refractivity contribution is -0.129. The molecule has 194 valence electrons. The Kier molecular flexibility index (Phi) is 6.94. The van der Waals surface area contributed by atoms with Gasteiger partial charge in [0.1, 0.15) is 16.5 Å². The zero-order valence-electron chi connectivity index (χ0n) is 20.8. The number of aliphatic imine (C=N–C) groups is 1. The molecule has 37 heavy (non-hydrogen) atoms. The summed E-state index contributed by atoms with van der Waals surface area (Å²) in [5.41, 5.74) is 6.18. The maximum Gasteiger partial charge on any atom is 0.339 e. The molecule has 2 N–H and O–H groups in total. The number of halogens is 2. The normalized spacial score (nSPS) is 18.2. The topological polar surface area (TPSA) is 102 Å². The second-order valence-electron chi connectivity index (χ2n) is 9.50. The van der Waals surface area contributed by atoms with Gasteiger partial charge in [0, 0.05) is 7.05 Å². The van der Waals surface area contributed by atoms with Gasteiger partial charge in [-0.05, 0) is 80.9 Å². The van der Waals surface area contributed by atoms with Gasteiger partial charge < -0.3 is 9.92 Å². The van der Waals surface area contributed by atoms with E-state index in [0.717, 1.165) is 12.0 Å². The Hall–Kier alpha value is -3.24. The third-order valence-corrected chi connectivity index (χ3v) is 8.73. The van der Waals surface area contributed by atoms with Crippen LogP contribution in [-0.4, -0.2) is 32.2 Å². The first-order chi connectivity index (χ1) is 17.3. The van der Waals surface area contributed by atoms with E-state index >= 15 is 0 Å². The van der Waals surface area contributed by atoms with Crippen LogP contribution in [0.5, 0.6) is 5.75 Å². The van der Waals surface area contributed by atoms with E-state index in [0.29, 0.717) is 11.1 Å². The van der Waals surface area contributed by atoms with Crippen LogP contribution in [0.1, 0.15) is 43.9 Å². The minimum absolute atomic E-state index is 0.00282. The fourth-order valence-electron chi connectivity index (χ4n) is 4.11. The van der Waals surface area contributed by atoms with Gasteiger partial charge in [0.15, 0.2) is 11.5 Å². The van der Waals surface area contributed by atoms with Gasteiger partial charge in [0.25, 0.3) is 5.91 Å². The van der Waals surface area contributed by atoms with Gasteiger partial charge in [0.2, 0.25) is 0 Å². The molecule has 0 radical (unpaired) electrons. The average molecular weight is 588 g/mol. The molecule has 1 atom stereocenters. The number of guanidine groups is 1. The fraction of sp³-hybridized carbons (Fsp3) is 0.259. The standard InChI is InChI=1S/C27H27BrFN3O4S/c1-5-26(2,3)17-8-13-21(14-9-17)37(34,35)36-20-11-6-18(7-12-20)27(24(33)32(4)25(30)31-27)19-10-15-23(29)22(28)16-19/h6-16H,5H2,1-4H3,(H2,30,31). The molecule has 0 saturated carbocycles. The van der Waals surface area contributed by atoms with Gasteiger partial charge in [-0.1, -0.05) is 51.1 Å². The van der Waals surface area contributed by atoms with E-state index in [2.05, 4.69) is 41.7 Å². The monoisotopic (exact) mass is 587 g/mol. The molecule has 3 aromatic rings. The molecule has 1 amide bonds. The van der Waals surface area contributed by atoms with Crippen molar-refractivity contribution in [1.29, 1.82) is 0 Å². The summed E-state index contributed by atoms with van der Waals surface area (Å²) >= 11 is 3.16. The lowest BCUT2D eigenvalue weighted by Gasteiger charge is -2.26. The van der Waals surface area contributed by atoms with Gasteiger partial charge >= 0.3 is 10.1 Å². The Morgan fingerprint density at radius 2 is 1.65 bits per heavy atom. The summed E-state index contributed by atoms with van der Waals surface area (Å²) in [5.74, 6) is -0.856. The van der Waals surface area contributed by atoms with Crippen LogP contribution in [0.25, 0.3) is 0 Å². The van der Waals surface area contributed by atoms with Crippen LogP contribution in [0.15, 0.2) is 81.1 Å². The van der Waals surface area contributed by atoms with Crippen molar-refractivity contribution in [2.24, 2.45) is 10.7 Å². The van der Waals surface area contributed by atoms with Crippen LogP contribution in [0, 0.1) is 5.82 Å². The minimum Gasteiger partial charge on any atom is -0.379 e.